The van der Waals surface area contributed by atoms with Crippen LogP contribution >= 0.6 is 0 Å². The summed E-state index contributed by atoms with van der Waals surface area (Å²) in [6, 6.07) is 0. The highest BCUT2D eigenvalue weighted by Gasteiger charge is 2.09. The number of methoxy groups -OCH3 is 1. The summed E-state index contributed by atoms with van der Waals surface area (Å²) in [5.41, 5.74) is 0.265. The van der Waals surface area contributed by atoms with Crippen LogP contribution in [-0.4, -0.2) is 19.7 Å². The molecule has 0 spiro atoms. The molecule has 3 nitrogen and oxygen atoms in total. The standard InChI is InChI=1S/C8H17NO2/c1-8(2,3)5-6-9-7(10)11-4/h5-6H2,1-4H3,(H,9,10). The van der Waals surface area contributed by atoms with Crippen LogP contribution in [-0.2, 0) is 4.74 Å². The van der Waals surface area contributed by atoms with Crippen LogP contribution in [0.4, 0.5) is 4.79 Å². The Hall–Kier alpha value is -0.730. The Balaban J connectivity index is 3.35. The zero-order chi connectivity index (χ0) is 8.91. The average Bonchev–Trinajstić information content (AvgIpc) is 1.85. The molecule has 0 atom stereocenters. The minimum Gasteiger partial charge on any atom is -0.453 e. The summed E-state index contributed by atoms with van der Waals surface area (Å²) in [4.78, 5) is 10.6. The van der Waals surface area contributed by atoms with E-state index in [0.29, 0.717) is 6.54 Å². The Kier molecular flexibility index (Phi) is 3.93. The lowest BCUT2D eigenvalue weighted by atomic mass is 9.92. The first-order valence-corrected chi connectivity index (χ1v) is 3.77. The van der Waals surface area contributed by atoms with Crippen molar-refractivity contribution in [2.75, 3.05) is 13.7 Å². The van der Waals surface area contributed by atoms with Gasteiger partial charge < -0.3 is 10.1 Å². The SMILES string of the molecule is COC(=O)NCCC(C)(C)C. The van der Waals surface area contributed by atoms with Crippen LogP contribution in [0.3, 0.4) is 0 Å². The normalized spacial score (nSPS) is 10.9. The Morgan fingerprint density at radius 2 is 2.00 bits per heavy atom. The lowest BCUT2D eigenvalue weighted by Gasteiger charge is -2.17. The van der Waals surface area contributed by atoms with Crippen molar-refractivity contribution in [1.82, 2.24) is 5.32 Å². The highest BCUT2D eigenvalue weighted by atomic mass is 16.5. The molecular weight excluding hydrogens is 142 g/mol. The topological polar surface area (TPSA) is 38.3 Å². The van der Waals surface area contributed by atoms with Crippen LogP contribution in [0.1, 0.15) is 27.2 Å². The molecule has 0 saturated carbocycles. The van der Waals surface area contributed by atoms with Crippen molar-refractivity contribution in [3.63, 3.8) is 0 Å². The third kappa shape index (κ3) is 7.16. The Morgan fingerprint density at radius 1 is 1.45 bits per heavy atom. The molecule has 0 bridgehead atoms. The molecule has 0 heterocycles. The number of hydrogen-bond donors (Lipinski definition) is 1. The summed E-state index contributed by atoms with van der Waals surface area (Å²) in [5, 5.41) is 2.63. The summed E-state index contributed by atoms with van der Waals surface area (Å²) in [6.07, 6.45) is 0.608. The smallest absolute Gasteiger partial charge is 0.406 e. The molecule has 0 aromatic rings. The fraction of sp³-hybridized carbons (Fsp3) is 0.875. The first-order chi connectivity index (χ1) is 4.95. The minimum atomic E-state index is -0.353. The van der Waals surface area contributed by atoms with Crippen molar-refractivity contribution in [3.8, 4) is 0 Å². The third-order valence-corrected chi connectivity index (χ3v) is 1.33. The molecule has 0 aliphatic heterocycles. The zero-order valence-corrected chi connectivity index (χ0v) is 7.73. The molecule has 0 aliphatic rings. The van der Waals surface area contributed by atoms with Crippen molar-refractivity contribution in [3.05, 3.63) is 0 Å². The molecule has 11 heavy (non-hydrogen) atoms. The second-order valence-electron chi connectivity index (χ2n) is 3.73. The molecule has 66 valence electrons. The van der Waals surface area contributed by atoms with Gasteiger partial charge in [0.15, 0.2) is 0 Å². The zero-order valence-electron chi connectivity index (χ0n) is 7.73. The third-order valence-electron chi connectivity index (χ3n) is 1.33. The van der Waals surface area contributed by atoms with Gasteiger partial charge in [0.05, 0.1) is 7.11 Å². The highest BCUT2D eigenvalue weighted by Crippen LogP contribution is 2.16. The van der Waals surface area contributed by atoms with Crippen LogP contribution < -0.4 is 5.32 Å². The van der Waals surface area contributed by atoms with Gasteiger partial charge in [0.2, 0.25) is 0 Å². The van der Waals surface area contributed by atoms with Crippen molar-refractivity contribution in [1.29, 1.82) is 0 Å². The summed E-state index contributed by atoms with van der Waals surface area (Å²) in [6.45, 7) is 7.07. The highest BCUT2D eigenvalue weighted by molar-refractivity contribution is 5.66. The molecule has 1 amide bonds. The summed E-state index contributed by atoms with van der Waals surface area (Å²) < 4.78 is 4.41. The quantitative estimate of drug-likeness (QED) is 0.667. The number of carbonyl (C=O) groups is 1. The number of hydrogen-bond acceptors (Lipinski definition) is 2. The predicted octanol–water partition coefficient (Wildman–Crippen LogP) is 1.78. The summed E-state index contributed by atoms with van der Waals surface area (Å²) in [7, 11) is 1.37. The molecule has 0 fully saturated rings. The van der Waals surface area contributed by atoms with Gasteiger partial charge in [0.1, 0.15) is 0 Å². The summed E-state index contributed by atoms with van der Waals surface area (Å²) >= 11 is 0. The van der Waals surface area contributed by atoms with E-state index >= 15 is 0 Å². The molecule has 0 aromatic carbocycles. The molecule has 0 aliphatic carbocycles. The second-order valence-corrected chi connectivity index (χ2v) is 3.73. The van der Waals surface area contributed by atoms with Crippen LogP contribution in [0.25, 0.3) is 0 Å². The Bertz CT molecular complexity index is 127. The van der Waals surface area contributed by atoms with Gasteiger partial charge in [-0.05, 0) is 11.8 Å². The molecule has 0 unspecified atom stereocenters. The van der Waals surface area contributed by atoms with Crippen molar-refractivity contribution >= 4 is 6.09 Å². The number of rotatable bonds is 2. The van der Waals surface area contributed by atoms with E-state index in [-0.39, 0.29) is 11.5 Å². The number of nitrogens with one attached hydrogen (secondary N) is 1. The van der Waals surface area contributed by atoms with E-state index in [1.165, 1.54) is 7.11 Å². The number of carbonyl (C=O) groups excluding carboxylic acids is 1. The lowest BCUT2D eigenvalue weighted by Crippen LogP contribution is -2.26. The van der Waals surface area contributed by atoms with Crippen molar-refractivity contribution < 1.29 is 9.53 Å². The lowest BCUT2D eigenvalue weighted by molar-refractivity contribution is 0.169. The number of amides is 1. The summed E-state index contributed by atoms with van der Waals surface area (Å²) in [5.74, 6) is 0. The second kappa shape index (κ2) is 4.21. The maximum absolute atomic E-state index is 10.6. The molecular formula is C8H17NO2. The molecule has 3 heteroatoms. The molecule has 0 saturated heterocycles. The van der Waals surface area contributed by atoms with Crippen LogP contribution in [0.2, 0.25) is 0 Å². The van der Waals surface area contributed by atoms with Crippen LogP contribution in [0.5, 0.6) is 0 Å². The first kappa shape index (κ1) is 10.3. The van der Waals surface area contributed by atoms with E-state index in [9.17, 15) is 4.79 Å². The van der Waals surface area contributed by atoms with E-state index in [0.717, 1.165) is 6.42 Å². The van der Waals surface area contributed by atoms with E-state index in [2.05, 4.69) is 30.8 Å². The van der Waals surface area contributed by atoms with Gasteiger partial charge in [0, 0.05) is 6.54 Å². The van der Waals surface area contributed by atoms with E-state index in [1.54, 1.807) is 0 Å². The van der Waals surface area contributed by atoms with Gasteiger partial charge in [-0.15, -0.1) is 0 Å². The first-order valence-electron chi connectivity index (χ1n) is 3.77. The average molecular weight is 159 g/mol. The maximum Gasteiger partial charge on any atom is 0.406 e. The molecule has 1 N–H and O–H groups in total. The van der Waals surface area contributed by atoms with Gasteiger partial charge in [0.25, 0.3) is 0 Å². The van der Waals surface area contributed by atoms with Crippen molar-refractivity contribution in [2.24, 2.45) is 5.41 Å². The van der Waals surface area contributed by atoms with Gasteiger partial charge in [-0.2, -0.15) is 0 Å². The fourth-order valence-electron chi connectivity index (χ4n) is 0.612. The monoisotopic (exact) mass is 159 g/mol. The maximum atomic E-state index is 10.6. The minimum absolute atomic E-state index is 0.265. The molecule has 0 radical (unpaired) electrons. The van der Waals surface area contributed by atoms with Crippen LogP contribution in [0, 0.1) is 5.41 Å². The Labute approximate surface area is 68.1 Å². The van der Waals surface area contributed by atoms with Gasteiger partial charge in [-0.25, -0.2) is 4.79 Å². The number of ether oxygens (including phenoxy) is 1. The van der Waals surface area contributed by atoms with Crippen LogP contribution in [0.15, 0.2) is 0 Å². The molecule has 0 aromatic heterocycles. The largest absolute Gasteiger partial charge is 0.453 e. The fourth-order valence-corrected chi connectivity index (χ4v) is 0.612. The Morgan fingerprint density at radius 3 is 2.36 bits per heavy atom. The van der Waals surface area contributed by atoms with Gasteiger partial charge >= 0.3 is 6.09 Å². The molecule has 0 rings (SSSR count). The van der Waals surface area contributed by atoms with Crippen molar-refractivity contribution in [2.45, 2.75) is 27.2 Å². The van der Waals surface area contributed by atoms with Gasteiger partial charge in [-0.3, -0.25) is 0 Å². The predicted molar refractivity (Wildman–Crippen MR) is 44.5 cm³/mol. The number of alkyl carbamates (subject to hydrolysis) is 1. The van der Waals surface area contributed by atoms with Gasteiger partial charge in [-0.1, -0.05) is 20.8 Å². The van der Waals surface area contributed by atoms with E-state index in [1.807, 2.05) is 0 Å². The van der Waals surface area contributed by atoms with E-state index in [4.69, 9.17) is 0 Å². The van der Waals surface area contributed by atoms with E-state index < -0.39 is 0 Å².